The SMILES string of the molecule is Cc1ccc(-c2cc(F)c(N(c3ccc([Si](C)(C)C)cc3)c3ccc4ccc5c(N(c6ccc([Si](C)(C)C)cc6)c6cc(F)c(-c7ccc(C)cc7C)cc6F)ccc6ccc3c4c65)cc2F)c(C)c1. The minimum absolute atomic E-state index is 0.0808. The molecule has 350 valence electrons. The molecule has 0 aliphatic carbocycles. The van der Waals surface area contributed by atoms with Gasteiger partial charge >= 0.3 is 0 Å². The maximum absolute atomic E-state index is 17.1. The second-order valence-corrected chi connectivity index (χ2v) is 31.2. The summed E-state index contributed by atoms with van der Waals surface area (Å²) < 4.78 is 67.6. The summed E-state index contributed by atoms with van der Waals surface area (Å²) >= 11 is 0. The second kappa shape index (κ2) is 17.4. The molecule has 0 saturated heterocycles. The molecule has 10 aromatic carbocycles. The third kappa shape index (κ3) is 8.26. The minimum Gasteiger partial charge on any atom is -0.307 e. The van der Waals surface area contributed by atoms with Gasteiger partial charge in [0, 0.05) is 45.4 Å². The van der Waals surface area contributed by atoms with Crippen LogP contribution in [0.3, 0.4) is 0 Å². The molecule has 0 fully saturated rings. The van der Waals surface area contributed by atoms with Gasteiger partial charge in [0.15, 0.2) is 0 Å². The lowest BCUT2D eigenvalue weighted by Gasteiger charge is -2.30. The molecule has 0 aromatic heterocycles. The Bertz CT molecular complexity index is 3420. The Morgan fingerprint density at radius 3 is 1.03 bits per heavy atom. The van der Waals surface area contributed by atoms with Crippen molar-refractivity contribution in [2.45, 2.75) is 67.0 Å². The van der Waals surface area contributed by atoms with Gasteiger partial charge < -0.3 is 9.80 Å². The number of hydrogen-bond acceptors (Lipinski definition) is 2. The van der Waals surface area contributed by atoms with Gasteiger partial charge in [-0.2, -0.15) is 0 Å². The van der Waals surface area contributed by atoms with Gasteiger partial charge in [-0.15, -0.1) is 0 Å². The van der Waals surface area contributed by atoms with Gasteiger partial charge in [0.1, 0.15) is 23.3 Å². The van der Waals surface area contributed by atoms with Crippen molar-refractivity contribution in [1.29, 1.82) is 0 Å². The summed E-state index contributed by atoms with van der Waals surface area (Å²) in [6, 6.07) is 49.4. The maximum atomic E-state index is 17.1. The topological polar surface area (TPSA) is 6.48 Å². The first-order valence-corrected chi connectivity index (χ1v) is 30.9. The third-order valence-electron chi connectivity index (χ3n) is 14.0. The lowest BCUT2D eigenvalue weighted by molar-refractivity contribution is 0.604. The van der Waals surface area contributed by atoms with Crippen molar-refractivity contribution in [3.8, 4) is 22.3 Å². The molecule has 0 radical (unpaired) electrons. The molecule has 0 bridgehead atoms. The van der Waals surface area contributed by atoms with E-state index in [9.17, 15) is 0 Å². The Morgan fingerprint density at radius 2 is 0.686 bits per heavy atom. The summed E-state index contributed by atoms with van der Waals surface area (Å²) in [7, 11) is -3.43. The zero-order chi connectivity index (χ0) is 49.6. The summed E-state index contributed by atoms with van der Waals surface area (Å²) in [4.78, 5) is 3.65. The first-order chi connectivity index (χ1) is 33.3. The fourth-order valence-corrected chi connectivity index (χ4v) is 12.6. The van der Waals surface area contributed by atoms with Crippen molar-refractivity contribution in [2.75, 3.05) is 9.80 Å². The minimum atomic E-state index is -1.72. The van der Waals surface area contributed by atoms with Gasteiger partial charge in [-0.25, -0.2) is 17.6 Å². The monoisotopic (exact) mass is 960 g/mol. The number of halogens is 4. The van der Waals surface area contributed by atoms with E-state index in [1.54, 1.807) is 0 Å². The van der Waals surface area contributed by atoms with E-state index < -0.39 is 39.4 Å². The summed E-state index contributed by atoms with van der Waals surface area (Å²) in [6.45, 7) is 21.5. The van der Waals surface area contributed by atoms with Gasteiger partial charge in [-0.3, -0.25) is 0 Å². The zero-order valence-electron chi connectivity index (χ0n) is 41.4. The highest BCUT2D eigenvalue weighted by Crippen LogP contribution is 2.49. The number of anilines is 6. The molecule has 0 N–H and O–H groups in total. The van der Waals surface area contributed by atoms with Crippen LogP contribution in [0.25, 0.3) is 54.6 Å². The Kier molecular flexibility index (Phi) is 11.6. The van der Waals surface area contributed by atoms with Crippen LogP contribution in [0.2, 0.25) is 39.3 Å². The van der Waals surface area contributed by atoms with Gasteiger partial charge in [-0.05, 0) is 120 Å². The van der Waals surface area contributed by atoms with Crippen LogP contribution >= 0.6 is 0 Å². The van der Waals surface area contributed by atoms with E-state index in [4.69, 9.17) is 0 Å². The number of benzene rings is 10. The van der Waals surface area contributed by atoms with E-state index >= 15 is 17.6 Å². The van der Waals surface area contributed by atoms with Gasteiger partial charge in [0.05, 0.1) is 38.9 Å². The van der Waals surface area contributed by atoms with Crippen molar-refractivity contribution in [1.82, 2.24) is 0 Å². The average Bonchev–Trinajstić information content (AvgIpc) is 3.31. The molecular weight excluding hydrogens is 905 g/mol. The molecule has 10 rings (SSSR count). The highest BCUT2D eigenvalue weighted by atomic mass is 28.3. The number of nitrogens with zero attached hydrogens (tertiary/aromatic N) is 2. The first-order valence-electron chi connectivity index (χ1n) is 23.9. The van der Waals surface area contributed by atoms with E-state index in [1.165, 1.54) is 34.6 Å². The summed E-state index contributed by atoms with van der Waals surface area (Å²) in [6.07, 6.45) is 0. The van der Waals surface area contributed by atoms with E-state index in [0.717, 1.165) is 54.6 Å². The molecule has 0 aliphatic rings. The van der Waals surface area contributed by atoms with Crippen molar-refractivity contribution in [3.63, 3.8) is 0 Å². The molecule has 0 aliphatic heterocycles. The van der Waals surface area contributed by atoms with Crippen LogP contribution in [0.1, 0.15) is 22.3 Å². The summed E-state index contributed by atoms with van der Waals surface area (Å²) in [5, 5.41) is 7.84. The fourth-order valence-electron chi connectivity index (χ4n) is 10.3. The molecule has 0 spiro atoms. The van der Waals surface area contributed by atoms with Gasteiger partial charge in [0.2, 0.25) is 0 Å². The second-order valence-electron chi connectivity index (χ2n) is 21.1. The van der Waals surface area contributed by atoms with Crippen molar-refractivity contribution < 1.29 is 17.6 Å². The highest BCUT2D eigenvalue weighted by molar-refractivity contribution is 6.89. The van der Waals surface area contributed by atoms with Crippen LogP contribution < -0.4 is 20.2 Å². The molecule has 10 aromatic rings. The van der Waals surface area contributed by atoms with Crippen LogP contribution in [0, 0.1) is 51.0 Å². The number of aryl methyl sites for hydroxylation is 4. The third-order valence-corrected chi connectivity index (χ3v) is 18.1. The van der Waals surface area contributed by atoms with Crippen LogP contribution in [-0.2, 0) is 0 Å². The van der Waals surface area contributed by atoms with Crippen LogP contribution in [-0.4, -0.2) is 16.1 Å². The highest BCUT2D eigenvalue weighted by Gasteiger charge is 2.28. The molecular formula is C62H56F4N2Si2. The van der Waals surface area contributed by atoms with Crippen molar-refractivity contribution in [3.05, 3.63) is 203 Å². The average molecular weight is 961 g/mol. The Labute approximate surface area is 410 Å². The predicted molar refractivity (Wildman–Crippen MR) is 295 cm³/mol. The lowest BCUT2D eigenvalue weighted by Crippen LogP contribution is -2.37. The Morgan fingerprint density at radius 1 is 0.329 bits per heavy atom. The zero-order valence-corrected chi connectivity index (χ0v) is 43.4. The van der Waals surface area contributed by atoms with E-state index in [1.807, 2.05) is 122 Å². The molecule has 8 heteroatoms. The smallest absolute Gasteiger partial charge is 0.148 e. The summed E-state index contributed by atoms with van der Waals surface area (Å²) in [5.41, 5.74) is 8.35. The quantitative estimate of drug-likeness (QED) is 0.0766. The maximum Gasteiger partial charge on any atom is 0.148 e. The normalized spacial score (nSPS) is 12.1. The molecule has 0 saturated carbocycles. The predicted octanol–water partition coefficient (Wildman–Crippen LogP) is 17.7. The fraction of sp³-hybridized carbons (Fsp3) is 0.161. The number of rotatable bonds is 10. The lowest BCUT2D eigenvalue weighted by atomic mass is 9.91. The first kappa shape index (κ1) is 46.7. The number of hydrogen-bond donors (Lipinski definition) is 0. The molecule has 70 heavy (non-hydrogen) atoms. The molecule has 0 atom stereocenters. The van der Waals surface area contributed by atoms with E-state index in [0.29, 0.717) is 33.9 Å². The van der Waals surface area contributed by atoms with Gasteiger partial charge in [-0.1, -0.05) is 158 Å². The van der Waals surface area contributed by atoms with Crippen LogP contribution in [0.5, 0.6) is 0 Å². The molecule has 0 amide bonds. The van der Waals surface area contributed by atoms with Crippen molar-refractivity contribution >= 4 is 93.0 Å². The standard InChI is InChI=1S/C62H56F4N2Si2/c1-37-11-25-47(39(3)31-37)51-33-55(65)59(35-53(51)63)67(43-17-21-45(22-18-43)69(5,6)7)57-29-15-41-14-28-50-58(30-16-42-13-27-49(57)61(41)62(42)50)68(44-19-23-46(24-20-44)70(8,9)10)60-36-54(64)52(34-56(60)66)48-26-12-38(2)32-40(48)4/h11-36H,1-10H3. The van der Waals surface area contributed by atoms with E-state index in [-0.39, 0.29) is 22.5 Å². The van der Waals surface area contributed by atoms with E-state index in [2.05, 4.69) is 87.8 Å². The summed E-state index contributed by atoms with van der Waals surface area (Å²) in [5.74, 6) is -2.18. The van der Waals surface area contributed by atoms with Crippen LogP contribution in [0.15, 0.2) is 158 Å². The molecule has 0 heterocycles. The Hall–Kier alpha value is -7.01. The van der Waals surface area contributed by atoms with Crippen molar-refractivity contribution in [2.24, 2.45) is 0 Å². The molecule has 0 unspecified atom stereocenters. The van der Waals surface area contributed by atoms with Gasteiger partial charge in [0.25, 0.3) is 0 Å². The largest absolute Gasteiger partial charge is 0.307 e. The van der Waals surface area contributed by atoms with Crippen LogP contribution in [0.4, 0.5) is 51.7 Å². The Balaban J connectivity index is 1.20. The molecule has 2 nitrogen and oxygen atoms in total.